The van der Waals surface area contributed by atoms with Crippen molar-refractivity contribution in [2.75, 3.05) is 0 Å². The lowest BCUT2D eigenvalue weighted by atomic mass is 11.8. The van der Waals surface area contributed by atoms with Gasteiger partial charge in [-0.3, -0.25) is 0 Å². The fourth-order valence-electron chi connectivity index (χ4n) is 0. The smallest absolute Gasteiger partial charge is 0.0820 e. The van der Waals surface area contributed by atoms with E-state index in [1.54, 1.807) is 0 Å². The van der Waals surface area contributed by atoms with E-state index < -0.39 is 8.07 Å². The van der Waals surface area contributed by atoms with E-state index in [0.717, 1.165) is 0 Å². The van der Waals surface area contributed by atoms with Crippen LogP contribution in [0.25, 0.3) is 0 Å². The Labute approximate surface area is 45.6 Å². The van der Waals surface area contributed by atoms with E-state index >= 15 is 0 Å². The second-order valence-corrected chi connectivity index (χ2v) is 8.16. The molecule has 0 saturated heterocycles. The zero-order chi connectivity index (χ0) is 5.21. The number of thiocarbonyl (C=S) groups is 1. The molecule has 0 aromatic rings. The van der Waals surface area contributed by atoms with Gasteiger partial charge in [-0.2, -0.15) is 0 Å². The van der Waals surface area contributed by atoms with Crippen molar-refractivity contribution in [1.82, 2.24) is 0 Å². The monoisotopic (exact) mass is 118 g/mol. The van der Waals surface area contributed by atoms with Crippen LogP contribution in [-0.4, -0.2) is 13.1 Å². The van der Waals surface area contributed by atoms with Gasteiger partial charge in [-0.15, -0.1) is 0 Å². The summed E-state index contributed by atoms with van der Waals surface area (Å²) in [5, 5.41) is 0. The summed E-state index contributed by atoms with van der Waals surface area (Å²) in [5.74, 6) is 0. The normalized spacial score (nSPS) is 11.2. The highest BCUT2D eigenvalue weighted by Crippen LogP contribution is 1.93. The van der Waals surface area contributed by atoms with Crippen LogP contribution in [0.15, 0.2) is 0 Å². The van der Waals surface area contributed by atoms with E-state index in [-0.39, 0.29) is 0 Å². The van der Waals surface area contributed by atoms with E-state index in [1.165, 1.54) is 0 Å². The van der Waals surface area contributed by atoms with Gasteiger partial charge in [-0.1, -0.05) is 31.9 Å². The van der Waals surface area contributed by atoms with Crippen LogP contribution in [-0.2, 0) is 0 Å². The maximum atomic E-state index is 4.73. The van der Waals surface area contributed by atoms with Crippen molar-refractivity contribution < 1.29 is 0 Å². The molecule has 0 radical (unpaired) electrons. The van der Waals surface area contributed by atoms with E-state index in [1.807, 2.05) is 4.99 Å². The minimum Gasteiger partial charge on any atom is -0.0983 e. The molecule has 0 aliphatic carbocycles. The molecule has 0 fully saturated rings. The van der Waals surface area contributed by atoms with Crippen LogP contribution in [0, 0.1) is 0 Å². The van der Waals surface area contributed by atoms with Crippen molar-refractivity contribution in [3.63, 3.8) is 0 Å². The first-order chi connectivity index (χ1) is 2.56. The van der Waals surface area contributed by atoms with Gasteiger partial charge in [0, 0.05) is 0 Å². The van der Waals surface area contributed by atoms with E-state index in [9.17, 15) is 0 Å². The third kappa shape index (κ3) is 4.31. The average Bonchev–Trinajstić information content (AvgIpc) is 1.35. The third-order valence-corrected chi connectivity index (χ3v) is 3.18. The third-order valence-electron chi connectivity index (χ3n) is 0.354. The molecule has 0 aromatic carbocycles. The molecule has 0 aliphatic rings. The van der Waals surface area contributed by atoms with Crippen LogP contribution in [0.3, 0.4) is 0 Å². The molecule has 0 rings (SSSR count). The van der Waals surface area contributed by atoms with Gasteiger partial charge in [-0.25, -0.2) is 0 Å². The molecule has 0 heterocycles. The first kappa shape index (κ1) is 6.31. The Balaban J connectivity index is 3.45. The standard InChI is InChI=1S/C4H10SSi/c1-6(2,3)4-5/h4H,1-3H3. The molecule has 0 amide bonds. The molecule has 36 valence electrons. The topological polar surface area (TPSA) is 0 Å². The summed E-state index contributed by atoms with van der Waals surface area (Å²) in [4.78, 5) is 1.91. The van der Waals surface area contributed by atoms with Gasteiger partial charge < -0.3 is 0 Å². The van der Waals surface area contributed by atoms with E-state index in [4.69, 9.17) is 12.2 Å². The van der Waals surface area contributed by atoms with Gasteiger partial charge in [-0.05, 0) is 4.99 Å². The van der Waals surface area contributed by atoms with Crippen molar-refractivity contribution in [1.29, 1.82) is 0 Å². The van der Waals surface area contributed by atoms with Gasteiger partial charge in [0.1, 0.15) is 0 Å². The van der Waals surface area contributed by atoms with E-state index in [2.05, 4.69) is 19.6 Å². The fourth-order valence-corrected chi connectivity index (χ4v) is 0. The Bertz CT molecular complexity index is 53.1. The summed E-state index contributed by atoms with van der Waals surface area (Å²) >= 11 is 4.73. The Morgan fingerprint density at radius 2 is 1.50 bits per heavy atom. The lowest BCUT2D eigenvalue weighted by Crippen LogP contribution is -2.20. The Hall–Kier alpha value is 0.307. The fraction of sp³-hybridized carbons (Fsp3) is 0.750. The summed E-state index contributed by atoms with van der Waals surface area (Å²) in [5.41, 5.74) is 0. The highest BCUT2D eigenvalue weighted by Gasteiger charge is 2.05. The maximum Gasteiger partial charge on any atom is 0.0820 e. The zero-order valence-corrected chi connectivity index (χ0v) is 6.30. The molecule has 0 atom stereocenters. The average molecular weight is 118 g/mol. The first-order valence-electron chi connectivity index (χ1n) is 2.02. The molecule has 0 bridgehead atoms. The predicted molar refractivity (Wildman–Crippen MR) is 37.0 cm³/mol. The minimum atomic E-state index is -0.941. The maximum absolute atomic E-state index is 4.73. The molecule has 0 N–H and O–H groups in total. The molecule has 0 nitrogen and oxygen atoms in total. The predicted octanol–water partition coefficient (Wildman–Crippen LogP) is 1.86. The summed E-state index contributed by atoms with van der Waals surface area (Å²) in [7, 11) is -0.941. The van der Waals surface area contributed by atoms with Crippen molar-refractivity contribution in [2.24, 2.45) is 0 Å². The molecule has 0 aromatic heterocycles. The lowest BCUT2D eigenvalue weighted by Gasteiger charge is -2.02. The molecule has 0 unspecified atom stereocenters. The summed E-state index contributed by atoms with van der Waals surface area (Å²) in [6, 6.07) is 0. The highest BCUT2D eigenvalue weighted by atomic mass is 32.1. The van der Waals surface area contributed by atoms with Crippen LogP contribution in [0.1, 0.15) is 0 Å². The van der Waals surface area contributed by atoms with Crippen LogP contribution < -0.4 is 0 Å². The Morgan fingerprint density at radius 1 is 1.33 bits per heavy atom. The number of rotatable bonds is 1. The molecule has 0 spiro atoms. The summed E-state index contributed by atoms with van der Waals surface area (Å²) in [6.45, 7) is 6.67. The molecule has 6 heavy (non-hydrogen) atoms. The van der Waals surface area contributed by atoms with Gasteiger partial charge in [0.05, 0.1) is 8.07 Å². The minimum absolute atomic E-state index is 0.941. The Morgan fingerprint density at radius 3 is 1.50 bits per heavy atom. The van der Waals surface area contributed by atoms with Crippen LogP contribution in [0.4, 0.5) is 0 Å². The first-order valence-corrected chi connectivity index (χ1v) is 6.07. The summed E-state index contributed by atoms with van der Waals surface area (Å²) < 4.78 is 0. The van der Waals surface area contributed by atoms with Crippen LogP contribution >= 0.6 is 12.2 Å². The van der Waals surface area contributed by atoms with Crippen LogP contribution in [0.5, 0.6) is 0 Å². The van der Waals surface area contributed by atoms with Crippen molar-refractivity contribution in [3.05, 3.63) is 0 Å². The quantitative estimate of drug-likeness (QED) is 0.374. The summed E-state index contributed by atoms with van der Waals surface area (Å²) in [6.07, 6.45) is 0. The molecule has 0 saturated carbocycles. The molecule has 2 heteroatoms. The van der Waals surface area contributed by atoms with Gasteiger partial charge >= 0.3 is 0 Å². The van der Waals surface area contributed by atoms with Crippen molar-refractivity contribution in [3.8, 4) is 0 Å². The second kappa shape index (κ2) is 1.84. The molecule has 0 aliphatic heterocycles. The lowest BCUT2D eigenvalue weighted by molar-refractivity contribution is 1.86. The molecular weight excluding hydrogens is 108 g/mol. The van der Waals surface area contributed by atoms with Gasteiger partial charge in [0.25, 0.3) is 0 Å². The van der Waals surface area contributed by atoms with E-state index in [0.29, 0.717) is 0 Å². The Kier molecular flexibility index (Phi) is 1.94. The molecular formula is C4H10SSi. The highest BCUT2D eigenvalue weighted by molar-refractivity contribution is 7.82. The van der Waals surface area contributed by atoms with Crippen molar-refractivity contribution in [2.45, 2.75) is 19.6 Å². The largest absolute Gasteiger partial charge is 0.0983 e. The second-order valence-electron chi connectivity index (χ2n) is 2.48. The van der Waals surface area contributed by atoms with Gasteiger partial charge in [0.2, 0.25) is 0 Å². The van der Waals surface area contributed by atoms with Gasteiger partial charge in [0.15, 0.2) is 0 Å². The number of hydrogen-bond acceptors (Lipinski definition) is 1. The van der Waals surface area contributed by atoms with Crippen LogP contribution in [0.2, 0.25) is 19.6 Å². The SMILES string of the molecule is C[Si](C)(C)C=S. The van der Waals surface area contributed by atoms with Crippen molar-refractivity contribution >= 4 is 25.3 Å². The number of hydrogen-bond donors (Lipinski definition) is 0. The zero-order valence-electron chi connectivity index (χ0n) is 4.49.